The van der Waals surface area contributed by atoms with Crippen molar-refractivity contribution in [2.24, 2.45) is 5.92 Å². The first-order valence-electron chi connectivity index (χ1n) is 7.91. The van der Waals surface area contributed by atoms with Crippen molar-refractivity contribution in [3.63, 3.8) is 0 Å². The number of phenols is 1. The number of phenolic OH excluding ortho intramolecular Hbond substituents is 1. The van der Waals surface area contributed by atoms with E-state index in [4.69, 9.17) is 0 Å². The minimum atomic E-state index is -0.136. The van der Waals surface area contributed by atoms with Crippen LogP contribution < -0.4 is 0 Å². The number of Topliss-reactive ketones (excluding diaryl/α,β-unsaturated/α-hetero) is 1. The molecule has 1 N–H and O–H groups in total. The van der Waals surface area contributed by atoms with Crippen molar-refractivity contribution in [2.75, 3.05) is 0 Å². The molecule has 2 atom stereocenters. The van der Waals surface area contributed by atoms with E-state index in [2.05, 4.69) is 37.3 Å². The maximum absolute atomic E-state index is 12.7. The molecule has 0 spiro atoms. The molecule has 4 rings (SSSR count). The highest BCUT2D eigenvalue weighted by Crippen LogP contribution is 2.56. The number of hydrogen-bond donors (Lipinski definition) is 1. The minimum Gasteiger partial charge on any atom is -0.507 e. The molecule has 0 amide bonds. The summed E-state index contributed by atoms with van der Waals surface area (Å²) in [4.78, 5) is 12.7. The van der Waals surface area contributed by atoms with Crippen LogP contribution in [0, 0.1) is 5.92 Å². The highest BCUT2D eigenvalue weighted by molar-refractivity contribution is 6.03. The van der Waals surface area contributed by atoms with Gasteiger partial charge in [0.05, 0.1) is 5.56 Å². The molecule has 1 saturated carbocycles. The lowest BCUT2D eigenvalue weighted by Crippen LogP contribution is -2.12. The van der Waals surface area contributed by atoms with Crippen LogP contribution in [0.1, 0.15) is 29.3 Å². The van der Waals surface area contributed by atoms with Gasteiger partial charge in [0, 0.05) is 11.3 Å². The average molecular weight is 302 g/mol. The van der Waals surface area contributed by atoms with Gasteiger partial charge >= 0.3 is 0 Å². The topological polar surface area (TPSA) is 37.3 Å². The SMILES string of the molecule is C[C@]1(c2ccc3ccccc3c2)C[C@@H]1C(=O)c1ccccc1O. The van der Waals surface area contributed by atoms with Crippen LogP contribution >= 0.6 is 0 Å². The largest absolute Gasteiger partial charge is 0.507 e. The molecular weight excluding hydrogens is 284 g/mol. The van der Waals surface area contributed by atoms with Crippen LogP contribution in [0.2, 0.25) is 0 Å². The van der Waals surface area contributed by atoms with E-state index in [1.54, 1.807) is 24.3 Å². The van der Waals surface area contributed by atoms with Crippen LogP contribution in [-0.4, -0.2) is 10.9 Å². The third-order valence-corrected chi connectivity index (χ3v) is 5.13. The van der Waals surface area contributed by atoms with Gasteiger partial charge in [-0.3, -0.25) is 4.79 Å². The van der Waals surface area contributed by atoms with Gasteiger partial charge in [0.15, 0.2) is 5.78 Å². The van der Waals surface area contributed by atoms with E-state index in [0.717, 1.165) is 6.42 Å². The van der Waals surface area contributed by atoms with Gasteiger partial charge in [-0.05, 0) is 34.9 Å². The van der Waals surface area contributed by atoms with Crippen molar-refractivity contribution >= 4 is 16.6 Å². The van der Waals surface area contributed by atoms with Crippen molar-refractivity contribution in [1.82, 2.24) is 0 Å². The second-order valence-electron chi connectivity index (χ2n) is 6.62. The van der Waals surface area contributed by atoms with E-state index in [1.165, 1.54) is 16.3 Å². The molecule has 114 valence electrons. The summed E-state index contributed by atoms with van der Waals surface area (Å²) in [5.74, 6) is 0.0565. The molecule has 1 fully saturated rings. The van der Waals surface area contributed by atoms with Crippen LogP contribution in [0.25, 0.3) is 10.8 Å². The zero-order valence-electron chi connectivity index (χ0n) is 13.0. The Morgan fingerprint density at radius 3 is 2.48 bits per heavy atom. The number of hydrogen-bond acceptors (Lipinski definition) is 2. The monoisotopic (exact) mass is 302 g/mol. The predicted molar refractivity (Wildman–Crippen MR) is 91.8 cm³/mol. The van der Waals surface area contributed by atoms with Crippen molar-refractivity contribution in [2.45, 2.75) is 18.8 Å². The van der Waals surface area contributed by atoms with Crippen LogP contribution in [0.4, 0.5) is 0 Å². The third kappa shape index (κ3) is 2.22. The second-order valence-corrected chi connectivity index (χ2v) is 6.62. The summed E-state index contributed by atoms with van der Waals surface area (Å²) in [6.45, 7) is 2.14. The Labute approximate surface area is 135 Å². The highest BCUT2D eigenvalue weighted by atomic mass is 16.3. The van der Waals surface area contributed by atoms with Crippen LogP contribution in [0.15, 0.2) is 66.7 Å². The van der Waals surface area contributed by atoms with Crippen molar-refractivity contribution in [3.8, 4) is 5.75 Å². The summed E-state index contributed by atoms with van der Waals surface area (Å²) < 4.78 is 0. The molecule has 0 bridgehead atoms. The summed E-state index contributed by atoms with van der Waals surface area (Å²) in [6.07, 6.45) is 0.832. The normalized spacial score (nSPS) is 22.9. The van der Waals surface area contributed by atoms with Crippen LogP contribution in [0.5, 0.6) is 5.75 Å². The highest BCUT2D eigenvalue weighted by Gasteiger charge is 2.55. The number of fused-ring (bicyclic) bond motifs is 1. The van der Waals surface area contributed by atoms with Crippen LogP contribution in [-0.2, 0) is 5.41 Å². The number of ketones is 1. The molecule has 23 heavy (non-hydrogen) atoms. The Morgan fingerprint density at radius 2 is 1.70 bits per heavy atom. The number of carbonyl (C=O) groups is 1. The Morgan fingerprint density at radius 1 is 1.00 bits per heavy atom. The standard InChI is InChI=1S/C21H18O2/c1-21(16-11-10-14-6-2-3-7-15(14)12-16)13-18(21)20(23)17-8-4-5-9-19(17)22/h2-12,18,22H,13H2,1H3/t18-,21-/m1/s1. The van der Waals surface area contributed by atoms with Gasteiger partial charge in [-0.1, -0.05) is 61.5 Å². The third-order valence-electron chi connectivity index (χ3n) is 5.13. The van der Waals surface area contributed by atoms with Gasteiger partial charge in [-0.2, -0.15) is 0 Å². The first kappa shape index (κ1) is 14.0. The van der Waals surface area contributed by atoms with Crippen molar-refractivity contribution < 1.29 is 9.90 Å². The molecule has 1 aliphatic rings. The minimum absolute atomic E-state index is 0.0405. The van der Waals surface area contributed by atoms with Gasteiger partial charge in [0.2, 0.25) is 0 Å². The molecule has 0 radical (unpaired) electrons. The number of aromatic hydroxyl groups is 1. The number of benzene rings is 3. The van der Waals surface area contributed by atoms with E-state index in [-0.39, 0.29) is 22.9 Å². The quantitative estimate of drug-likeness (QED) is 0.712. The van der Waals surface area contributed by atoms with Gasteiger partial charge in [0.25, 0.3) is 0 Å². The molecule has 2 heteroatoms. The molecule has 0 aliphatic heterocycles. The maximum Gasteiger partial charge on any atom is 0.170 e. The van der Waals surface area contributed by atoms with E-state index < -0.39 is 0 Å². The number of para-hydroxylation sites is 1. The molecule has 3 aromatic carbocycles. The summed E-state index contributed by atoms with van der Waals surface area (Å²) in [5.41, 5.74) is 1.50. The smallest absolute Gasteiger partial charge is 0.170 e. The predicted octanol–water partition coefficient (Wildman–Crippen LogP) is 4.71. The van der Waals surface area contributed by atoms with Crippen molar-refractivity contribution in [1.29, 1.82) is 0 Å². The molecule has 1 aliphatic carbocycles. The Hall–Kier alpha value is -2.61. The fourth-order valence-electron chi connectivity index (χ4n) is 3.48. The first-order chi connectivity index (χ1) is 11.1. The maximum atomic E-state index is 12.7. The summed E-state index contributed by atoms with van der Waals surface area (Å²) >= 11 is 0. The lowest BCUT2D eigenvalue weighted by atomic mass is 9.90. The number of carbonyl (C=O) groups excluding carboxylic acids is 1. The Balaban J connectivity index is 1.67. The molecule has 0 aromatic heterocycles. The molecule has 0 unspecified atom stereocenters. The molecular formula is C21H18O2. The van der Waals surface area contributed by atoms with Crippen molar-refractivity contribution in [3.05, 3.63) is 77.9 Å². The lowest BCUT2D eigenvalue weighted by molar-refractivity contribution is 0.0956. The molecule has 0 saturated heterocycles. The van der Waals surface area contributed by atoms with E-state index in [1.807, 2.05) is 12.1 Å². The van der Waals surface area contributed by atoms with Crippen LogP contribution in [0.3, 0.4) is 0 Å². The summed E-state index contributed by atoms with van der Waals surface area (Å²) in [6, 6.07) is 21.5. The van der Waals surface area contributed by atoms with Gasteiger partial charge in [-0.15, -0.1) is 0 Å². The second kappa shape index (κ2) is 4.95. The lowest BCUT2D eigenvalue weighted by Gasteiger charge is -2.13. The molecule has 2 nitrogen and oxygen atoms in total. The Bertz CT molecular complexity index is 912. The van der Waals surface area contributed by atoms with Gasteiger partial charge in [0.1, 0.15) is 5.75 Å². The fourth-order valence-corrected chi connectivity index (χ4v) is 3.48. The Kier molecular flexibility index (Phi) is 3.02. The van der Waals surface area contributed by atoms with E-state index >= 15 is 0 Å². The molecule has 3 aromatic rings. The summed E-state index contributed by atoms with van der Waals surface area (Å²) in [7, 11) is 0. The van der Waals surface area contributed by atoms with Gasteiger partial charge in [-0.25, -0.2) is 0 Å². The van der Waals surface area contributed by atoms with E-state index in [9.17, 15) is 9.90 Å². The zero-order valence-corrected chi connectivity index (χ0v) is 13.0. The van der Waals surface area contributed by atoms with Gasteiger partial charge < -0.3 is 5.11 Å². The average Bonchev–Trinajstić information content (AvgIpc) is 3.27. The zero-order chi connectivity index (χ0) is 16.0. The van der Waals surface area contributed by atoms with E-state index in [0.29, 0.717) is 5.56 Å². The molecule has 0 heterocycles. The fraction of sp³-hybridized carbons (Fsp3) is 0.190. The summed E-state index contributed by atoms with van der Waals surface area (Å²) in [5, 5.41) is 12.3. The first-order valence-corrected chi connectivity index (χ1v) is 7.91. The number of rotatable bonds is 3.